The number of nitro benzene ring substituents is 1. The molecule has 1 N–H and O–H groups in total. The molecule has 0 spiro atoms. The maximum Gasteiger partial charge on any atom is 0.293 e. The fraction of sp³-hybridized carbons (Fsp3) is 0.700. The molecule has 8 nitrogen and oxygen atoms in total. The van der Waals surface area contributed by atoms with Crippen LogP contribution in [0.5, 0.6) is 0 Å². The maximum absolute atomic E-state index is 13.1. The van der Waals surface area contributed by atoms with Crippen molar-refractivity contribution in [3.05, 3.63) is 28.3 Å². The van der Waals surface area contributed by atoms with Crippen LogP contribution < -0.4 is 9.80 Å². The number of quaternary nitrogens is 1. The van der Waals surface area contributed by atoms with Crippen LogP contribution in [0.3, 0.4) is 0 Å². The molecule has 0 aliphatic carbocycles. The third kappa shape index (κ3) is 4.90. The van der Waals surface area contributed by atoms with Gasteiger partial charge < -0.3 is 9.80 Å². The fourth-order valence-corrected chi connectivity index (χ4v) is 6.40. The van der Waals surface area contributed by atoms with E-state index in [1.54, 1.807) is 6.07 Å². The van der Waals surface area contributed by atoms with Gasteiger partial charge in [0.1, 0.15) is 5.69 Å². The summed E-state index contributed by atoms with van der Waals surface area (Å²) in [4.78, 5) is 14.8. The minimum Gasteiger partial charge on any atom is -0.355 e. The Bertz CT molecular complexity index is 827. The highest BCUT2D eigenvalue weighted by molar-refractivity contribution is 7.89. The van der Waals surface area contributed by atoms with Crippen LogP contribution in [0, 0.1) is 22.0 Å². The number of nitrogens with one attached hydrogen (secondary N) is 1. The molecular formula is C20H33N4O4S+. The Balaban J connectivity index is 1.85. The van der Waals surface area contributed by atoms with Gasteiger partial charge in [-0.2, -0.15) is 4.31 Å². The number of hydrogen-bond donors (Lipinski definition) is 1. The van der Waals surface area contributed by atoms with Crippen molar-refractivity contribution < 1.29 is 18.2 Å². The molecule has 0 bridgehead atoms. The van der Waals surface area contributed by atoms with Gasteiger partial charge in [-0.05, 0) is 36.8 Å². The second kappa shape index (κ2) is 8.97. The molecule has 3 rings (SSSR count). The summed E-state index contributed by atoms with van der Waals surface area (Å²) >= 11 is 0. The summed E-state index contributed by atoms with van der Waals surface area (Å²) in [5.74, 6) is 0.564. The molecule has 2 saturated heterocycles. The molecule has 0 aromatic heterocycles. The molecule has 0 radical (unpaired) electrons. The first kappa shape index (κ1) is 22.0. The van der Waals surface area contributed by atoms with Crippen LogP contribution in [0.1, 0.15) is 33.6 Å². The minimum atomic E-state index is -3.74. The van der Waals surface area contributed by atoms with Gasteiger partial charge in [-0.25, -0.2) is 8.42 Å². The van der Waals surface area contributed by atoms with Gasteiger partial charge in [-0.3, -0.25) is 10.1 Å². The van der Waals surface area contributed by atoms with Crippen molar-refractivity contribution in [1.82, 2.24) is 4.31 Å². The number of nitrogens with zero attached hydrogens (tertiary/aromatic N) is 3. The molecule has 0 saturated carbocycles. The molecule has 0 amide bonds. The van der Waals surface area contributed by atoms with Crippen LogP contribution in [-0.2, 0) is 10.0 Å². The summed E-state index contributed by atoms with van der Waals surface area (Å²) in [6.45, 7) is 11.6. The Morgan fingerprint density at radius 1 is 1.17 bits per heavy atom. The molecule has 2 heterocycles. The Hall–Kier alpha value is -1.71. The van der Waals surface area contributed by atoms with Crippen molar-refractivity contribution in [2.75, 3.05) is 50.7 Å². The van der Waals surface area contributed by atoms with Crippen LogP contribution in [0.25, 0.3) is 0 Å². The molecule has 9 heteroatoms. The third-order valence-electron chi connectivity index (χ3n) is 6.03. The number of piperazine rings is 1. The van der Waals surface area contributed by atoms with E-state index in [4.69, 9.17) is 0 Å². The van der Waals surface area contributed by atoms with Crippen molar-refractivity contribution in [3.63, 3.8) is 0 Å². The molecular weight excluding hydrogens is 392 g/mol. The number of nitro groups is 1. The standard InChI is InChI=1S/C20H32N4O4S/c1-4-7-21-8-10-22(11-9-21)19-6-5-18(13-20(19)24(25)26)29(27,28)23-14-16(2)12-17(3)15-23/h5-6,13,16-17H,4,7-12,14-15H2,1-3H3/p+1/t16-,17-/m0/s1. The lowest BCUT2D eigenvalue weighted by molar-refractivity contribution is -0.900. The van der Waals surface area contributed by atoms with Gasteiger partial charge in [0.15, 0.2) is 0 Å². The van der Waals surface area contributed by atoms with Crippen molar-refractivity contribution in [2.45, 2.75) is 38.5 Å². The number of hydrogen-bond acceptors (Lipinski definition) is 5. The summed E-state index contributed by atoms with van der Waals surface area (Å²) in [6, 6.07) is 4.40. The van der Waals surface area contributed by atoms with E-state index in [9.17, 15) is 18.5 Å². The molecule has 0 unspecified atom stereocenters. The summed E-state index contributed by atoms with van der Waals surface area (Å²) < 4.78 is 27.8. The SMILES string of the molecule is CCC[NH+]1CCN(c2ccc(S(=O)(=O)N3C[C@@H](C)C[C@H](C)C3)cc2[N+](=O)[O-])CC1. The van der Waals surface area contributed by atoms with E-state index in [0.717, 1.165) is 45.6 Å². The van der Waals surface area contributed by atoms with Crippen molar-refractivity contribution in [3.8, 4) is 0 Å². The van der Waals surface area contributed by atoms with Crippen LogP contribution >= 0.6 is 0 Å². The largest absolute Gasteiger partial charge is 0.355 e. The first-order valence-electron chi connectivity index (χ1n) is 10.6. The van der Waals surface area contributed by atoms with Gasteiger partial charge in [0.25, 0.3) is 5.69 Å². The lowest BCUT2D eigenvalue weighted by atomic mass is 9.94. The zero-order chi connectivity index (χ0) is 21.2. The second-order valence-corrected chi connectivity index (χ2v) is 10.6. The topological polar surface area (TPSA) is 88.2 Å². The van der Waals surface area contributed by atoms with E-state index in [2.05, 4.69) is 6.92 Å². The zero-order valence-electron chi connectivity index (χ0n) is 17.6. The number of rotatable bonds is 6. The number of sulfonamides is 1. The average molecular weight is 426 g/mol. The number of benzene rings is 1. The van der Waals surface area contributed by atoms with Gasteiger partial charge in [-0.15, -0.1) is 0 Å². The van der Waals surface area contributed by atoms with Crippen molar-refractivity contribution >= 4 is 21.4 Å². The van der Waals surface area contributed by atoms with Crippen LogP contribution in [0.15, 0.2) is 23.1 Å². The Kier molecular flexibility index (Phi) is 6.80. The maximum atomic E-state index is 13.1. The second-order valence-electron chi connectivity index (χ2n) is 8.66. The molecule has 2 atom stereocenters. The zero-order valence-corrected chi connectivity index (χ0v) is 18.5. The molecule has 2 aliphatic heterocycles. The van der Waals surface area contributed by atoms with Gasteiger partial charge in [0.2, 0.25) is 10.0 Å². The van der Waals surface area contributed by atoms with Crippen LogP contribution in [0.2, 0.25) is 0 Å². The lowest BCUT2D eigenvalue weighted by Crippen LogP contribution is -3.14. The van der Waals surface area contributed by atoms with E-state index in [0.29, 0.717) is 18.8 Å². The molecule has 1 aromatic rings. The highest BCUT2D eigenvalue weighted by Gasteiger charge is 2.34. The van der Waals surface area contributed by atoms with E-state index < -0.39 is 14.9 Å². The quantitative estimate of drug-likeness (QED) is 0.549. The van der Waals surface area contributed by atoms with Gasteiger partial charge >= 0.3 is 0 Å². The summed E-state index contributed by atoms with van der Waals surface area (Å²) in [6.07, 6.45) is 2.12. The highest BCUT2D eigenvalue weighted by atomic mass is 32.2. The predicted molar refractivity (Wildman–Crippen MR) is 113 cm³/mol. The first-order valence-corrected chi connectivity index (χ1v) is 12.0. The third-order valence-corrected chi connectivity index (χ3v) is 7.86. The molecule has 2 aliphatic rings. The van der Waals surface area contributed by atoms with E-state index >= 15 is 0 Å². The molecule has 29 heavy (non-hydrogen) atoms. The number of piperidine rings is 1. The van der Waals surface area contributed by atoms with Gasteiger partial charge in [0.05, 0.1) is 42.5 Å². The Labute approximate surface area is 173 Å². The van der Waals surface area contributed by atoms with Gasteiger partial charge in [-0.1, -0.05) is 20.8 Å². The first-order chi connectivity index (χ1) is 13.7. The predicted octanol–water partition coefficient (Wildman–Crippen LogP) is 1.38. The van der Waals surface area contributed by atoms with E-state index in [1.807, 2.05) is 18.7 Å². The average Bonchev–Trinajstić information content (AvgIpc) is 2.67. The summed E-state index contributed by atoms with van der Waals surface area (Å²) in [5, 5.41) is 11.8. The molecule has 162 valence electrons. The Morgan fingerprint density at radius 2 is 1.79 bits per heavy atom. The monoisotopic (exact) mass is 425 g/mol. The van der Waals surface area contributed by atoms with E-state index in [1.165, 1.54) is 21.3 Å². The van der Waals surface area contributed by atoms with Crippen molar-refractivity contribution in [1.29, 1.82) is 0 Å². The van der Waals surface area contributed by atoms with Crippen LogP contribution in [-0.4, -0.2) is 63.5 Å². The minimum absolute atomic E-state index is 0.0180. The fourth-order valence-electron chi connectivity index (χ4n) is 4.70. The normalized spacial score (nSPS) is 24.6. The Morgan fingerprint density at radius 3 is 2.34 bits per heavy atom. The molecule has 1 aromatic carbocycles. The summed E-state index contributed by atoms with van der Waals surface area (Å²) in [5.41, 5.74) is 0.396. The van der Waals surface area contributed by atoms with Crippen LogP contribution in [0.4, 0.5) is 11.4 Å². The highest BCUT2D eigenvalue weighted by Crippen LogP contribution is 2.33. The van der Waals surface area contributed by atoms with Crippen molar-refractivity contribution in [2.24, 2.45) is 11.8 Å². The van der Waals surface area contributed by atoms with Gasteiger partial charge in [0, 0.05) is 19.2 Å². The lowest BCUT2D eigenvalue weighted by Gasteiger charge is -2.34. The smallest absolute Gasteiger partial charge is 0.293 e. The molecule has 2 fully saturated rings. The number of anilines is 1. The summed E-state index contributed by atoms with van der Waals surface area (Å²) in [7, 11) is -3.74. The van der Waals surface area contributed by atoms with E-state index in [-0.39, 0.29) is 22.4 Å².